The lowest BCUT2D eigenvalue weighted by Crippen LogP contribution is -2.32. The van der Waals surface area contributed by atoms with E-state index in [4.69, 9.17) is 5.53 Å². The fourth-order valence-corrected chi connectivity index (χ4v) is 2.27. The van der Waals surface area contributed by atoms with Crippen molar-refractivity contribution in [3.8, 4) is 0 Å². The molecule has 0 aromatic carbocycles. The fraction of sp³-hybridized carbons (Fsp3) is 0.917. The Hall–Kier alpha value is -1.22. The van der Waals surface area contributed by atoms with E-state index in [1.807, 2.05) is 0 Å². The third-order valence-electron chi connectivity index (χ3n) is 3.27. The highest BCUT2D eigenvalue weighted by molar-refractivity contribution is 5.78. The van der Waals surface area contributed by atoms with Crippen LogP contribution in [0.1, 0.15) is 51.4 Å². The summed E-state index contributed by atoms with van der Waals surface area (Å²) in [5.74, 6) is 0.391. The Kier molecular flexibility index (Phi) is 7.23. The molecule has 0 spiro atoms. The highest BCUT2D eigenvalue weighted by Crippen LogP contribution is 2.22. The lowest BCUT2D eigenvalue weighted by atomic mass is 9.90. The van der Waals surface area contributed by atoms with Crippen LogP contribution < -0.4 is 5.32 Å². The number of carbonyl (C=O) groups excluding carboxylic acids is 1. The molecule has 0 atom stereocenters. The van der Waals surface area contributed by atoms with Crippen molar-refractivity contribution < 1.29 is 4.79 Å². The van der Waals surface area contributed by atoms with Gasteiger partial charge in [-0.05, 0) is 24.8 Å². The zero-order chi connectivity index (χ0) is 12.3. The van der Waals surface area contributed by atoms with Gasteiger partial charge in [-0.2, -0.15) is 0 Å². The fourth-order valence-electron chi connectivity index (χ4n) is 2.27. The summed E-state index contributed by atoms with van der Waals surface area (Å²) in [7, 11) is 0. The van der Waals surface area contributed by atoms with Crippen LogP contribution in [0.25, 0.3) is 10.4 Å². The van der Waals surface area contributed by atoms with Crippen molar-refractivity contribution in [2.75, 3.05) is 13.1 Å². The van der Waals surface area contributed by atoms with E-state index in [-0.39, 0.29) is 11.8 Å². The number of amides is 1. The first-order chi connectivity index (χ1) is 8.34. The van der Waals surface area contributed by atoms with Crippen LogP contribution in [0, 0.1) is 5.92 Å². The Morgan fingerprint density at radius 2 is 1.88 bits per heavy atom. The number of nitrogens with zero attached hydrogens (tertiary/aromatic N) is 3. The normalized spacial score (nSPS) is 17.6. The van der Waals surface area contributed by atoms with Crippen LogP contribution in [0.3, 0.4) is 0 Å². The first-order valence-corrected chi connectivity index (χ1v) is 6.63. The molecule has 0 aromatic rings. The van der Waals surface area contributed by atoms with Crippen LogP contribution in [0.5, 0.6) is 0 Å². The average Bonchev–Trinajstić information content (AvgIpc) is 2.28. The Bertz CT molecular complexity index is 266. The molecule has 17 heavy (non-hydrogen) atoms. The van der Waals surface area contributed by atoms with Gasteiger partial charge in [-0.25, -0.2) is 0 Å². The number of hydrogen-bond acceptors (Lipinski definition) is 2. The zero-order valence-electron chi connectivity index (χ0n) is 10.4. The Balaban J connectivity index is 2.17. The van der Waals surface area contributed by atoms with Crippen molar-refractivity contribution in [2.24, 2.45) is 11.0 Å². The summed E-state index contributed by atoms with van der Waals surface area (Å²) >= 11 is 0. The van der Waals surface area contributed by atoms with Gasteiger partial charge in [0.15, 0.2) is 0 Å². The summed E-state index contributed by atoms with van der Waals surface area (Å²) in [4.78, 5) is 14.6. The van der Waals surface area contributed by atoms with E-state index in [1.165, 1.54) is 32.1 Å². The molecule has 5 heteroatoms. The highest BCUT2D eigenvalue weighted by Gasteiger charge is 2.18. The summed E-state index contributed by atoms with van der Waals surface area (Å²) in [5.41, 5.74) is 8.11. The van der Waals surface area contributed by atoms with E-state index in [9.17, 15) is 4.79 Å². The molecular weight excluding hydrogens is 216 g/mol. The minimum atomic E-state index is 0.188. The van der Waals surface area contributed by atoms with Crippen LogP contribution in [0.4, 0.5) is 0 Å². The molecule has 1 aliphatic carbocycles. The van der Waals surface area contributed by atoms with Crippen molar-refractivity contribution in [2.45, 2.75) is 51.4 Å². The van der Waals surface area contributed by atoms with Gasteiger partial charge in [0, 0.05) is 23.9 Å². The lowest BCUT2D eigenvalue weighted by molar-refractivity contribution is -0.125. The van der Waals surface area contributed by atoms with Gasteiger partial charge in [-0.1, -0.05) is 37.2 Å². The van der Waals surface area contributed by atoms with Gasteiger partial charge >= 0.3 is 0 Å². The number of hydrogen-bond donors (Lipinski definition) is 1. The Morgan fingerprint density at radius 1 is 1.24 bits per heavy atom. The molecule has 0 heterocycles. The topological polar surface area (TPSA) is 77.9 Å². The van der Waals surface area contributed by atoms with E-state index in [0.717, 1.165) is 19.3 Å². The number of rotatable bonds is 5. The highest BCUT2D eigenvalue weighted by atomic mass is 16.1. The van der Waals surface area contributed by atoms with E-state index >= 15 is 0 Å². The molecule has 0 aliphatic heterocycles. The largest absolute Gasteiger partial charge is 0.356 e. The number of nitrogens with one attached hydrogen (secondary N) is 1. The third-order valence-corrected chi connectivity index (χ3v) is 3.27. The summed E-state index contributed by atoms with van der Waals surface area (Å²) in [6, 6.07) is 0. The van der Waals surface area contributed by atoms with E-state index in [1.54, 1.807) is 0 Å². The molecule has 0 unspecified atom stereocenters. The molecule has 0 saturated heterocycles. The molecule has 0 bridgehead atoms. The maximum Gasteiger partial charge on any atom is 0.223 e. The predicted octanol–water partition coefficient (Wildman–Crippen LogP) is 3.16. The minimum Gasteiger partial charge on any atom is -0.356 e. The minimum absolute atomic E-state index is 0.188. The second kappa shape index (κ2) is 8.88. The average molecular weight is 238 g/mol. The molecule has 0 radical (unpaired) electrons. The number of carbonyl (C=O) groups is 1. The van der Waals surface area contributed by atoms with Gasteiger partial charge in [-0.3, -0.25) is 4.79 Å². The van der Waals surface area contributed by atoms with Crippen LogP contribution in [0.15, 0.2) is 5.11 Å². The first-order valence-electron chi connectivity index (χ1n) is 6.63. The molecular formula is C12H22N4O. The second-order valence-electron chi connectivity index (χ2n) is 4.64. The maximum absolute atomic E-state index is 11.9. The first kappa shape index (κ1) is 13.8. The van der Waals surface area contributed by atoms with Gasteiger partial charge in [-0.15, -0.1) is 0 Å². The monoisotopic (exact) mass is 238 g/mol. The standard InChI is InChI=1S/C12H22N4O/c13-16-15-10-6-9-14-12(17)11-7-4-2-1-3-5-8-11/h11H,1-10H2,(H,14,17). The van der Waals surface area contributed by atoms with Crippen LogP contribution in [0.2, 0.25) is 0 Å². The van der Waals surface area contributed by atoms with Crippen molar-refractivity contribution in [1.82, 2.24) is 5.32 Å². The van der Waals surface area contributed by atoms with E-state index in [0.29, 0.717) is 13.1 Å². The van der Waals surface area contributed by atoms with Gasteiger partial charge in [0.05, 0.1) is 0 Å². The van der Waals surface area contributed by atoms with Crippen LogP contribution in [-0.2, 0) is 4.79 Å². The second-order valence-corrected chi connectivity index (χ2v) is 4.64. The summed E-state index contributed by atoms with van der Waals surface area (Å²) in [6.07, 6.45) is 8.99. The van der Waals surface area contributed by atoms with E-state index < -0.39 is 0 Å². The molecule has 1 aliphatic rings. The third kappa shape index (κ3) is 6.17. The number of azide groups is 1. The summed E-state index contributed by atoms with van der Waals surface area (Å²) in [6.45, 7) is 1.08. The zero-order valence-corrected chi connectivity index (χ0v) is 10.4. The van der Waals surface area contributed by atoms with E-state index in [2.05, 4.69) is 15.3 Å². The van der Waals surface area contributed by atoms with Crippen molar-refractivity contribution in [1.29, 1.82) is 0 Å². The quantitative estimate of drug-likeness (QED) is 0.339. The maximum atomic E-state index is 11.9. The Morgan fingerprint density at radius 3 is 2.53 bits per heavy atom. The molecule has 1 N–H and O–H groups in total. The molecule has 96 valence electrons. The van der Waals surface area contributed by atoms with Crippen molar-refractivity contribution in [3.05, 3.63) is 10.4 Å². The molecule has 1 amide bonds. The molecule has 5 nitrogen and oxygen atoms in total. The van der Waals surface area contributed by atoms with Gasteiger partial charge in [0.1, 0.15) is 0 Å². The summed E-state index contributed by atoms with van der Waals surface area (Å²) in [5, 5.41) is 6.38. The van der Waals surface area contributed by atoms with Gasteiger partial charge < -0.3 is 5.32 Å². The van der Waals surface area contributed by atoms with Gasteiger partial charge in [0.2, 0.25) is 5.91 Å². The van der Waals surface area contributed by atoms with Crippen LogP contribution in [-0.4, -0.2) is 19.0 Å². The summed E-state index contributed by atoms with van der Waals surface area (Å²) < 4.78 is 0. The predicted molar refractivity (Wildman–Crippen MR) is 67.4 cm³/mol. The van der Waals surface area contributed by atoms with Crippen LogP contribution >= 0.6 is 0 Å². The van der Waals surface area contributed by atoms with Gasteiger partial charge in [0.25, 0.3) is 0 Å². The molecule has 0 aromatic heterocycles. The molecule has 1 rings (SSSR count). The van der Waals surface area contributed by atoms with Crippen molar-refractivity contribution >= 4 is 5.91 Å². The Labute approximate surface area is 103 Å². The molecule has 1 saturated carbocycles. The smallest absolute Gasteiger partial charge is 0.223 e. The lowest BCUT2D eigenvalue weighted by Gasteiger charge is -2.18. The molecule has 1 fully saturated rings. The van der Waals surface area contributed by atoms with Crippen molar-refractivity contribution in [3.63, 3.8) is 0 Å². The SMILES string of the molecule is [N-]=[N+]=NCCCNC(=O)C1CCCCCCC1.